The van der Waals surface area contributed by atoms with Gasteiger partial charge in [0.2, 0.25) is 0 Å². The van der Waals surface area contributed by atoms with Crippen LogP contribution in [0.2, 0.25) is 0 Å². The van der Waals surface area contributed by atoms with Crippen LogP contribution in [0.15, 0.2) is 40.9 Å². The molecule has 0 amide bonds. The standard InChI is InChI=1S/C13H13NO3/c15-13(16)12-9-11(17-14-12)8-4-7-10-5-2-1-3-6-10/h1-3,5-6,9H,4,7-8H2,(H,15,16). The first-order chi connectivity index (χ1) is 8.25. The molecule has 0 saturated carbocycles. The van der Waals surface area contributed by atoms with Gasteiger partial charge in [-0.1, -0.05) is 35.5 Å². The summed E-state index contributed by atoms with van der Waals surface area (Å²) in [4.78, 5) is 10.6. The molecule has 0 radical (unpaired) electrons. The lowest BCUT2D eigenvalue weighted by atomic mass is 10.1. The Morgan fingerprint density at radius 1 is 1.24 bits per heavy atom. The highest BCUT2D eigenvalue weighted by atomic mass is 16.5. The van der Waals surface area contributed by atoms with E-state index in [1.165, 1.54) is 11.6 Å². The molecule has 88 valence electrons. The molecule has 0 bridgehead atoms. The Balaban J connectivity index is 1.84. The normalized spacial score (nSPS) is 10.4. The monoisotopic (exact) mass is 231 g/mol. The number of benzene rings is 1. The van der Waals surface area contributed by atoms with Crippen molar-refractivity contribution in [1.29, 1.82) is 0 Å². The fourth-order valence-corrected chi connectivity index (χ4v) is 1.64. The predicted octanol–water partition coefficient (Wildman–Crippen LogP) is 2.55. The van der Waals surface area contributed by atoms with E-state index in [4.69, 9.17) is 9.63 Å². The summed E-state index contributed by atoms with van der Waals surface area (Å²) in [6.45, 7) is 0. The Hall–Kier alpha value is -2.10. The molecule has 0 fully saturated rings. The zero-order chi connectivity index (χ0) is 12.1. The molecule has 0 aliphatic carbocycles. The molecule has 0 aliphatic rings. The molecule has 4 nitrogen and oxygen atoms in total. The molecule has 1 heterocycles. The third-order valence-electron chi connectivity index (χ3n) is 2.51. The Bertz CT molecular complexity index is 490. The van der Waals surface area contributed by atoms with E-state index in [1.807, 2.05) is 18.2 Å². The van der Waals surface area contributed by atoms with Gasteiger partial charge in [0.1, 0.15) is 5.76 Å². The third kappa shape index (κ3) is 3.17. The molecule has 0 spiro atoms. The number of carbonyl (C=O) groups is 1. The molecule has 17 heavy (non-hydrogen) atoms. The van der Waals surface area contributed by atoms with Gasteiger partial charge in [0.25, 0.3) is 0 Å². The fourth-order valence-electron chi connectivity index (χ4n) is 1.64. The highest BCUT2D eigenvalue weighted by molar-refractivity contribution is 5.85. The van der Waals surface area contributed by atoms with Gasteiger partial charge in [0.05, 0.1) is 0 Å². The number of nitrogens with zero attached hydrogens (tertiary/aromatic N) is 1. The smallest absolute Gasteiger partial charge is 0.358 e. The van der Waals surface area contributed by atoms with Crippen LogP contribution in [0.1, 0.15) is 28.2 Å². The Morgan fingerprint density at radius 3 is 2.65 bits per heavy atom. The van der Waals surface area contributed by atoms with E-state index in [1.54, 1.807) is 0 Å². The lowest BCUT2D eigenvalue weighted by molar-refractivity contribution is 0.0685. The van der Waals surface area contributed by atoms with Gasteiger partial charge >= 0.3 is 5.97 Å². The van der Waals surface area contributed by atoms with Crippen LogP contribution in [-0.4, -0.2) is 16.2 Å². The van der Waals surface area contributed by atoms with Crippen molar-refractivity contribution in [3.05, 3.63) is 53.4 Å². The van der Waals surface area contributed by atoms with E-state index in [0.29, 0.717) is 12.2 Å². The molecule has 2 aromatic rings. The third-order valence-corrected chi connectivity index (χ3v) is 2.51. The highest BCUT2D eigenvalue weighted by Crippen LogP contribution is 2.09. The fraction of sp³-hybridized carbons (Fsp3) is 0.231. The summed E-state index contributed by atoms with van der Waals surface area (Å²) in [7, 11) is 0. The van der Waals surface area contributed by atoms with E-state index < -0.39 is 5.97 Å². The predicted molar refractivity (Wildman–Crippen MR) is 61.9 cm³/mol. The quantitative estimate of drug-likeness (QED) is 0.858. The second-order valence-corrected chi connectivity index (χ2v) is 3.82. The van der Waals surface area contributed by atoms with Gasteiger partial charge in [-0.2, -0.15) is 0 Å². The van der Waals surface area contributed by atoms with E-state index in [9.17, 15) is 4.79 Å². The molecular formula is C13H13NO3. The summed E-state index contributed by atoms with van der Waals surface area (Å²) in [5.74, 6) is -0.429. The van der Waals surface area contributed by atoms with Crippen LogP contribution < -0.4 is 0 Å². The first kappa shape index (κ1) is 11.4. The maximum absolute atomic E-state index is 10.6. The summed E-state index contributed by atoms with van der Waals surface area (Å²) in [6.07, 6.45) is 2.57. The summed E-state index contributed by atoms with van der Waals surface area (Å²) in [6, 6.07) is 11.6. The minimum absolute atomic E-state index is 0.0280. The number of aromatic nitrogens is 1. The SMILES string of the molecule is O=C(O)c1cc(CCCc2ccccc2)on1. The van der Waals surface area contributed by atoms with Crippen molar-refractivity contribution < 1.29 is 14.4 Å². The number of carboxylic acid groups (broad SMARTS) is 1. The number of carboxylic acids is 1. The average molecular weight is 231 g/mol. The van der Waals surface area contributed by atoms with Gasteiger partial charge in [-0.05, 0) is 18.4 Å². The number of hydrogen-bond donors (Lipinski definition) is 1. The molecule has 0 unspecified atom stereocenters. The maximum atomic E-state index is 10.6. The van der Waals surface area contributed by atoms with E-state index in [0.717, 1.165) is 12.8 Å². The van der Waals surface area contributed by atoms with Crippen LogP contribution in [0, 0.1) is 0 Å². The minimum atomic E-state index is -1.05. The molecule has 0 aliphatic heterocycles. The van der Waals surface area contributed by atoms with Gasteiger partial charge in [-0.25, -0.2) is 4.79 Å². The number of aryl methyl sites for hydroxylation is 2. The maximum Gasteiger partial charge on any atom is 0.358 e. The Morgan fingerprint density at radius 2 is 2.00 bits per heavy atom. The second-order valence-electron chi connectivity index (χ2n) is 3.82. The van der Waals surface area contributed by atoms with Crippen LogP contribution in [0.25, 0.3) is 0 Å². The lowest BCUT2D eigenvalue weighted by Crippen LogP contribution is -1.94. The molecule has 0 saturated heterocycles. The molecule has 0 atom stereocenters. The van der Waals surface area contributed by atoms with Crippen molar-refractivity contribution in [1.82, 2.24) is 5.16 Å². The van der Waals surface area contributed by atoms with Crippen molar-refractivity contribution in [3.8, 4) is 0 Å². The van der Waals surface area contributed by atoms with Crippen LogP contribution in [0.5, 0.6) is 0 Å². The second kappa shape index (κ2) is 5.30. The van der Waals surface area contributed by atoms with Gasteiger partial charge in [-0.15, -0.1) is 0 Å². The van der Waals surface area contributed by atoms with Crippen LogP contribution in [0.3, 0.4) is 0 Å². The Labute approximate surface area is 98.9 Å². The summed E-state index contributed by atoms with van der Waals surface area (Å²) >= 11 is 0. The van der Waals surface area contributed by atoms with Crippen molar-refractivity contribution in [2.45, 2.75) is 19.3 Å². The molecule has 4 heteroatoms. The molecule has 1 aromatic carbocycles. The molecule has 1 N–H and O–H groups in total. The zero-order valence-corrected chi connectivity index (χ0v) is 9.30. The zero-order valence-electron chi connectivity index (χ0n) is 9.30. The number of hydrogen-bond acceptors (Lipinski definition) is 3. The van der Waals surface area contributed by atoms with E-state index in [-0.39, 0.29) is 5.69 Å². The highest BCUT2D eigenvalue weighted by Gasteiger charge is 2.09. The van der Waals surface area contributed by atoms with Crippen molar-refractivity contribution in [2.24, 2.45) is 0 Å². The average Bonchev–Trinajstić information content (AvgIpc) is 2.79. The van der Waals surface area contributed by atoms with Crippen molar-refractivity contribution >= 4 is 5.97 Å². The largest absolute Gasteiger partial charge is 0.476 e. The lowest BCUT2D eigenvalue weighted by Gasteiger charge is -1.98. The van der Waals surface area contributed by atoms with Gasteiger partial charge < -0.3 is 9.63 Å². The van der Waals surface area contributed by atoms with Crippen LogP contribution in [0.4, 0.5) is 0 Å². The summed E-state index contributed by atoms with van der Waals surface area (Å²) in [5, 5.41) is 12.1. The van der Waals surface area contributed by atoms with Gasteiger partial charge in [0, 0.05) is 12.5 Å². The number of rotatable bonds is 5. The molecule has 1 aromatic heterocycles. The molecule has 2 rings (SSSR count). The number of aromatic carboxylic acids is 1. The van der Waals surface area contributed by atoms with Gasteiger partial charge in [-0.3, -0.25) is 0 Å². The van der Waals surface area contributed by atoms with Crippen molar-refractivity contribution in [2.75, 3.05) is 0 Å². The van der Waals surface area contributed by atoms with Crippen molar-refractivity contribution in [3.63, 3.8) is 0 Å². The van der Waals surface area contributed by atoms with Gasteiger partial charge in [0.15, 0.2) is 5.69 Å². The first-order valence-electron chi connectivity index (χ1n) is 5.48. The minimum Gasteiger partial charge on any atom is -0.476 e. The van der Waals surface area contributed by atoms with Crippen LogP contribution >= 0.6 is 0 Å². The van der Waals surface area contributed by atoms with Crippen LogP contribution in [-0.2, 0) is 12.8 Å². The molecular weight excluding hydrogens is 218 g/mol. The van der Waals surface area contributed by atoms with E-state index in [2.05, 4.69) is 17.3 Å². The topological polar surface area (TPSA) is 63.3 Å². The Kier molecular flexibility index (Phi) is 3.55. The summed E-state index contributed by atoms with van der Waals surface area (Å²) in [5.41, 5.74) is 1.24. The first-order valence-corrected chi connectivity index (χ1v) is 5.48. The summed E-state index contributed by atoms with van der Waals surface area (Å²) < 4.78 is 4.93. The van der Waals surface area contributed by atoms with E-state index >= 15 is 0 Å².